The zero-order valence-corrected chi connectivity index (χ0v) is 6.19. The smallest absolute Gasteiger partial charge is 0.228 e. The molecule has 0 amide bonds. The van der Waals surface area contributed by atoms with E-state index in [1.807, 2.05) is 0 Å². The van der Waals surface area contributed by atoms with Gasteiger partial charge < -0.3 is 0 Å². The zero-order valence-electron chi connectivity index (χ0n) is 4.67. The summed E-state index contributed by atoms with van der Waals surface area (Å²) in [5.41, 5.74) is 0.224. The van der Waals surface area contributed by atoms with Gasteiger partial charge in [0.15, 0.2) is 5.15 Å². The van der Waals surface area contributed by atoms with Gasteiger partial charge in [0.1, 0.15) is 5.15 Å². The van der Waals surface area contributed by atoms with Crippen LogP contribution >= 0.6 is 23.2 Å². The summed E-state index contributed by atoms with van der Waals surface area (Å²) in [6.07, 6.45) is 0. The number of aromatic nitrogens is 2. The molecular formula is C5HCl2N3. The standard InChI is InChI=1S/C5HCl2N3/c1-8-3-2-4(6)9-10-5(3)7/h2H. The molecule has 1 aromatic rings. The molecule has 0 bridgehead atoms. The summed E-state index contributed by atoms with van der Waals surface area (Å²) in [6.45, 7) is 6.60. The van der Waals surface area contributed by atoms with Crippen molar-refractivity contribution in [3.8, 4) is 0 Å². The summed E-state index contributed by atoms with van der Waals surface area (Å²) in [4.78, 5) is 3.06. The van der Waals surface area contributed by atoms with Crippen LogP contribution in [0, 0.1) is 6.57 Å². The van der Waals surface area contributed by atoms with E-state index in [0.717, 1.165) is 0 Å². The van der Waals surface area contributed by atoms with Gasteiger partial charge in [0.05, 0.1) is 6.57 Å². The maximum Gasteiger partial charge on any atom is 0.228 e. The zero-order chi connectivity index (χ0) is 7.56. The lowest BCUT2D eigenvalue weighted by atomic mass is 10.5. The predicted octanol–water partition coefficient (Wildman–Crippen LogP) is 2.33. The summed E-state index contributed by atoms with van der Waals surface area (Å²) in [5, 5.41) is 7.11. The Morgan fingerprint density at radius 1 is 1.40 bits per heavy atom. The molecule has 0 N–H and O–H groups in total. The first-order valence-electron chi connectivity index (χ1n) is 2.30. The van der Waals surface area contributed by atoms with Crippen molar-refractivity contribution in [2.75, 3.05) is 0 Å². The highest BCUT2D eigenvalue weighted by Crippen LogP contribution is 2.23. The fraction of sp³-hybridized carbons (Fsp3) is 0. The van der Waals surface area contributed by atoms with Crippen LogP contribution in [-0.4, -0.2) is 10.2 Å². The Bertz CT molecular complexity index is 291. The van der Waals surface area contributed by atoms with Crippen molar-refractivity contribution in [2.24, 2.45) is 0 Å². The SMILES string of the molecule is [C-]#[N+]c1cc(Cl)nnc1Cl. The summed E-state index contributed by atoms with van der Waals surface area (Å²) in [7, 11) is 0. The van der Waals surface area contributed by atoms with Gasteiger partial charge in [-0.05, 0) is 6.07 Å². The molecule has 0 unspecified atom stereocenters. The molecule has 0 aliphatic heterocycles. The number of hydrogen-bond donors (Lipinski definition) is 0. The lowest BCUT2D eigenvalue weighted by Gasteiger charge is -1.90. The van der Waals surface area contributed by atoms with Gasteiger partial charge in [-0.2, -0.15) is 0 Å². The molecule has 0 atom stereocenters. The predicted molar refractivity (Wildman–Crippen MR) is 38.3 cm³/mol. The molecular weight excluding hydrogens is 173 g/mol. The molecule has 0 spiro atoms. The number of rotatable bonds is 0. The van der Waals surface area contributed by atoms with Crippen molar-refractivity contribution >= 4 is 28.9 Å². The highest BCUT2D eigenvalue weighted by atomic mass is 35.5. The molecule has 3 nitrogen and oxygen atoms in total. The average molecular weight is 174 g/mol. The Balaban J connectivity index is 3.25. The van der Waals surface area contributed by atoms with Crippen molar-refractivity contribution in [1.82, 2.24) is 10.2 Å². The third-order valence-electron chi connectivity index (χ3n) is 0.821. The molecule has 1 rings (SSSR count). The fourth-order valence-electron chi connectivity index (χ4n) is 0.423. The molecule has 0 saturated heterocycles. The van der Waals surface area contributed by atoms with E-state index in [2.05, 4.69) is 15.0 Å². The van der Waals surface area contributed by atoms with Crippen LogP contribution in [0.3, 0.4) is 0 Å². The Morgan fingerprint density at radius 2 is 2.10 bits per heavy atom. The van der Waals surface area contributed by atoms with Crippen LogP contribution in [0.25, 0.3) is 4.85 Å². The Morgan fingerprint density at radius 3 is 2.60 bits per heavy atom. The molecule has 0 fully saturated rings. The Labute approximate surface area is 67.4 Å². The van der Waals surface area contributed by atoms with E-state index < -0.39 is 0 Å². The summed E-state index contributed by atoms with van der Waals surface area (Å²) >= 11 is 10.9. The van der Waals surface area contributed by atoms with Gasteiger partial charge in [-0.1, -0.05) is 23.2 Å². The van der Waals surface area contributed by atoms with Crippen LogP contribution in [0.5, 0.6) is 0 Å². The molecule has 0 radical (unpaired) electrons. The number of hydrogen-bond acceptors (Lipinski definition) is 2. The second kappa shape index (κ2) is 2.82. The quantitative estimate of drug-likeness (QED) is 0.565. The van der Waals surface area contributed by atoms with Gasteiger partial charge in [0.2, 0.25) is 5.69 Å². The van der Waals surface area contributed by atoms with Crippen LogP contribution in [0.4, 0.5) is 5.69 Å². The van der Waals surface area contributed by atoms with Gasteiger partial charge >= 0.3 is 0 Å². The van der Waals surface area contributed by atoms with Crippen molar-refractivity contribution in [1.29, 1.82) is 0 Å². The third kappa shape index (κ3) is 1.35. The number of nitrogens with zero attached hydrogens (tertiary/aromatic N) is 3. The van der Waals surface area contributed by atoms with Gasteiger partial charge in [0, 0.05) is 0 Å². The van der Waals surface area contributed by atoms with E-state index in [1.165, 1.54) is 6.07 Å². The topological polar surface area (TPSA) is 30.1 Å². The maximum atomic E-state index is 6.60. The van der Waals surface area contributed by atoms with Gasteiger partial charge in [0.25, 0.3) is 0 Å². The molecule has 0 saturated carbocycles. The molecule has 0 aliphatic rings. The number of halogens is 2. The van der Waals surface area contributed by atoms with Crippen molar-refractivity contribution in [3.05, 3.63) is 27.8 Å². The first-order valence-corrected chi connectivity index (χ1v) is 3.06. The highest BCUT2D eigenvalue weighted by molar-refractivity contribution is 6.33. The maximum absolute atomic E-state index is 6.60. The van der Waals surface area contributed by atoms with E-state index in [1.54, 1.807) is 0 Å². The van der Waals surface area contributed by atoms with E-state index in [4.69, 9.17) is 29.8 Å². The lowest BCUT2D eigenvalue weighted by molar-refractivity contribution is 1.04. The first-order chi connectivity index (χ1) is 4.74. The molecule has 0 aliphatic carbocycles. The lowest BCUT2D eigenvalue weighted by Crippen LogP contribution is -1.80. The van der Waals surface area contributed by atoms with Gasteiger partial charge in [-0.3, -0.25) is 0 Å². The monoisotopic (exact) mass is 173 g/mol. The molecule has 0 aromatic carbocycles. The van der Waals surface area contributed by atoms with Gasteiger partial charge in [-0.25, -0.2) is 4.85 Å². The van der Waals surface area contributed by atoms with E-state index >= 15 is 0 Å². The normalized spacial score (nSPS) is 8.90. The second-order valence-electron chi connectivity index (χ2n) is 1.45. The van der Waals surface area contributed by atoms with Crippen molar-refractivity contribution in [3.63, 3.8) is 0 Å². The summed E-state index contributed by atoms with van der Waals surface area (Å²) in [6, 6.07) is 1.36. The Kier molecular flexibility index (Phi) is 2.05. The molecule has 1 aromatic heterocycles. The van der Waals surface area contributed by atoms with Crippen molar-refractivity contribution < 1.29 is 0 Å². The van der Waals surface area contributed by atoms with Crippen LogP contribution in [0.1, 0.15) is 0 Å². The van der Waals surface area contributed by atoms with Crippen molar-refractivity contribution in [2.45, 2.75) is 0 Å². The molecule has 50 valence electrons. The molecule has 5 heteroatoms. The average Bonchev–Trinajstić information content (AvgIpc) is 1.94. The second-order valence-corrected chi connectivity index (χ2v) is 2.20. The minimum atomic E-state index is 0.0828. The summed E-state index contributed by atoms with van der Waals surface area (Å²) < 4.78 is 0. The van der Waals surface area contributed by atoms with E-state index in [9.17, 15) is 0 Å². The third-order valence-corrected chi connectivity index (χ3v) is 1.27. The van der Waals surface area contributed by atoms with Crippen LogP contribution in [0.15, 0.2) is 6.07 Å². The fourth-order valence-corrected chi connectivity index (χ4v) is 0.698. The highest BCUT2D eigenvalue weighted by Gasteiger charge is 2.01. The molecule has 10 heavy (non-hydrogen) atoms. The Hall–Kier alpha value is -0.850. The van der Waals surface area contributed by atoms with E-state index in [-0.39, 0.29) is 16.0 Å². The summed E-state index contributed by atoms with van der Waals surface area (Å²) in [5.74, 6) is 0. The van der Waals surface area contributed by atoms with E-state index in [0.29, 0.717) is 0 Å². The van der Waals surface area contributed by atoms with Crippen LogP contribution in [0.2, 0.25) is 10.3 Å². The minimum Gasteiger partial charge on any atom is -0.235 e. The minimum absolute atomic E-state index is 0.0828. The van der Waals surface area contributed by atoms with Gasteiger partial charge in [-0.15, -0.1) is 10.2 Å². The first kappa shape index (κ1) is 7.26. The van der Waals surface area contributed by atoms with Crippen LogP contribution in [-0.2, 0) is 0 Å². The van der Waals surface area contributed by atoms with Crippen LogP contribution < -0.4 is 0 Å². The largest absolute Gasteiger partial charge is 0.235 e. The molecule has 1 heterocycles.